The first-order chi connectivity index (χ1) is 15.6. The number of carbonyl (C=O) groups is 1. The van der Waals surface area contributed by atoms with Crippen LogP contribution < -0.4 is 15.8 Å². The van der Waals surface area contributed by atoms with Crippen molar-refractivity contribution in [3.05, 3.63) is 87.4 Å². The van der Waals surface area contributed by atoms with E-state index >= 15 is 0 Å². The number of alkyl halides is 3. The van der Waals surface area contributed by atoms with Crippen LogP contribution in [0.15, 0.2) is 48.5 Å². The number of rotatable bonds is 3. The Morgan fingerprint density at radius 3 is 2.52 bits per heavy atom. The van der Waals surface area contributed by atoms with Gasteiger partial charge in [0.25, 0.3) is 5.91 Å². The molecule has 4 rings (SSSR count). The highest BCUT2D eigenvalue weighted by Gasteiger charge is 2.37. The molecule has 0 saturated heterocycles. The van der Waals surface area contributed by atoms with E-state index in [0.29, 0.717) is 5.56 Å². The second kappa shape index (κ2) is 8.55. The molecule has 3 N–H and O–H groups in total. The number of para-hydroxylation sites is 1. The first-order valence-electron chi connectivity index (χ1n) is 9.74. The number of hydrogen-bond donors (Lipinski definition) is 2. The summed E-state index contributed by atoms with van der Waals surface area (Å²) in [5, 5.41) is 1.77. The Labute approximate surface area is 190 Å². The van der Waals surface area contributed by atoms with E-state index in [2.05, 4.69) is 5.32 Å². The Kier molecular flexibility index (Phi) is 5.92. The molecule has 0 bridgehead atoms. The van der Waals surface area contributed by atoms with Crippen LogP contribution in [-0.4, -0.2) is 12.5 Å². The monoisotopic (exact) mass is 482 g/mol. The molecular weight excluding hydrogens is 467 g/mol. The van der Waals surface area contributed by atoms with E-state index in [9.17, 15) is 26.7 Å². The van der Waals surface area contributed by atoms with Gasteiger partial charge in [0, 0.05) is 22.7 Å². The smallest absolute Gasteiger partial charge is 0.417 e. The molecular formula is C23H16ClF5N2O2. The lowest BCUT2D eigenvalue weighted by Gasteiger charge is -2.28. The molecule has 4 nitrogen and oxygen atoms in total. The number of hydrogen-bond acceptors (Lipinski definition) is 3. The van der Waals surface area contributed by atoms with Crippen LogP contribution in [0.2, 0.25) is 5.02 Å². The Morgan fingerprint density at radius 2 is 1.82 bits per heavy atom. The third-order valence-electron chi connectivity index (χ3n) is 5.35. The first-order valence-corrected chi connectivity index (χ1v) is 10.1. The summed E-state index contributed by atoms with van der Waals surface area (Å²) >= 11 is 5.88. The fourth-order valence-electron chi connectivity index (χ4n) is 3.81. The van der Waals surface area contributed by atoms with Gasteiger partial charge in [-0.05, 0) is 48.4 Å². The summed E-state index contributed by atoms with van der Waals surface area (Å²) in [6.45, 7) is 0.0345. The molecule has 0 saturated carbocycles. The van der Waals surface area contributed by atoms with Gasteiger partial charge in [-0.2, -0.15) is 13.2 Å². The van der Waals surface area contributed by atoms with Gasteiger partial charge in [0.1, 0.15) is 5.82 Å². The van der Waals surface area contributed by atoms with Gasteiger partial charge in [-0.25, -0.2) is 8.78 Å². The molecule has 0 fully saturated rings. The molecule has 1 atom stereocenters. The predicted octanol–water partition coefficient (Wildman–Crippen LogP) is 6.39. The summed E-state index contributed by atoms with van der Waals surface area (Å²) < 4.78 is 74.2. The van der Waals surface area contributed by atoms with Crippen molar-refractivity contribution in [1.82, 2.24) is 0 Å². The first kappa shape index (κ1) is 22.8. The van der Waals surface area contributed by atoms with Crippen molar-refractivity contribution < 1.29 is 31.5 Å². The molecule has 0 aliphatic carbocycles. The zero-order valence-electron chi connectivity index (χ0n) is 16.8. The molecule has 0 spiro atoms. The van der Waals surface area contributed by atoms with E-state index in [1.54, 1.807) is 0 Å². The molecule has 1 unspecified atom stereocenters. The van der Waals surface area contributed by atoms with E-state index in [-0.39, 0.29) is 41.3 Å². The van der Waals surface area contributed by atoms with Crippen molar-refractivity contribution in [2.24, 2.45) is 0 Å². The van der Waals surface area contributed by atoms with Gasteiger partial charge in [0.05, 0.1) is 22.9 Å². The minimum absolute atomic E-state index is 0.00436. The summed E-state index contributed by atoms with van der Waals surface area (Å²) in [5.74, 6) is -3.09. The van der Waals surface area contributed by atoms with Crippen molar-refractivity contribution in [2.45, 2.75) is 18.5 Å². The van der Waals surface area contributed by atoms with Crippen LogP contribution in [0.3, 0.4) is 0 Å². The maximum Gasteiger partial charge on any atom is 0.417 e. The molecule has 1 aliphatic heterocycles. The van der Waals surface area contributed by atoms with Gasteiger partial charge in [0.15, 0.2) is 11.6 Å². The summed E-state index contributed by atoms with van der Waals surface area (Å²) in [7, 11) is 0. The van der Waals surface area contributed by atoms with Crippen molar-refractivity contribution in [3.63, 3.8) is 0 Å². The lowest BCUT2D eigenvalue weighted by molar-refractivity contribution is -0.137. The Morgan fingerprint density at radius 1 is 1.06 bits per heavy atom. The molecule has 1 aliphatic rings. The predicted molar refractivity (Wildman–Crippen MR) is 114 cm³/mol. The van der Waals surface area contributed by atoms with Crippen molar-refractivity contribution in [1.29, 1.82) is 0 Å². The maximum atomic E-state index is 14.3. The molecule has 1 amide bonds. The Hall–Kier alpha value is -3.33. The number of benzene rings is 3. The van der Waals surface area contributed by atoms with E-state index in [0.717, 1.165) is 18.2 Å². The van der Waals surface area contributed by atoms with Crippen LogP contribution in [0.5, 0.6) is 5.75 Å². The third-order valence-corrected chi connectivity index (χ3v) is 5.66. The van der Waals surface area contributed by atoms with Crippen LogP contribution in [0.25, 0.3) is 0 Å². The average molecular weight is 483 g/mol. The number of anilines is 2. The van der Waals surface area contributed by atoms with Crippen molar-refractivity contribution in [2.75, 3.05) is 17.7 Å². The fraction of sp³-hybridized carbons (Fsp3) is 0.174. The van der Waals surface area contributed by atoms with Gasteiger partial charge in [-0.3, -0.25) is 4.79 Å². The van der Waals surface area contributed by atoms with Gasteiger partial charge in [-0.15, -0.1) is 0 Å². The van der Waals surface area contributed by atoms with Gasteiger partial charge >= 0.3 is 6.18 Å². The standard InChI is InChI=1S/C23H16ClF5N2O2/c24-17-10-15(22(32)31-11-4-5-20(30)19(26)8-11)14(9-16(17)23(27,28)29)12-6-7-33-21-13(12)2-1-3-18(21)25/h1-5,8-10,12H,6-7,30H2,(H,31,32). The zero-order chi connectivity index (χ0) is 23.9. The van der Waals surface area contributed by atoms with Gasteiger partial charge < -0.3 is 15.8 Å². The number of halogens is 6. The lowest BCUT2D eigenvalue weighted by Crippen LogP contribution is -2.22. The highest BCUT2D eigenvalue weighted by atomic mass is 35.5. The van der Waals surface area contributed by atoms with Crippen molar-refractivity contribution >= 4 is 28.9 Å². The summed E-state index contributed by atoms with van der Waals surface area (Å²) in [6, 6.07) is 9.40. The normalized spacial score (nSPS) is 15.5. The summed E-state index contributed by atoms with van der Waals surface area (Å²) in [4.78, 5) is 13.1. The molecule has 3 aromatic carbocycles. The van der Waals surface area contributed by atoms with Crippen LogP contribution in [0.4, 0.5) is 33.3 Å². The third kappa shape index (κ3) is 4.45. The largest absolute Gasteiger partial charge is 0.490 e. The number of nitrogens with two attached hydrogens (primary N) is 1. The molecule has 0 radical (unpaired) electrons. The molecule has 0 aromatic heterocycles. The number of nitrogens with one attached hydrogen (secondary N) is 1. The van der Waals surface area contributed by atoms with E-state index in [4.69, 9.17) is 22.1 Å². The number of ether oxygens (including phenoxy) is 1. The number of carbonyl (C=O) groups excluding carboxylic acids is 1. The second-order valence-electron chi connectivity index (χ2n) is 7.46. The minimum atomic E-state index is -4.78. The topological polar surface area (TPSA) is 64.3 Å². The lowest BCUT2D eigenvalue weighted by atomic mass is 9.83. The molecule has 1 heterocycles. The van der Waals surface area contributed by atoms with Crippen LogP contribution >= 0.6 is 11.6 Å². The highest BCUT2D eigenvalue weighted by Crippen LogP contribution is 2.44. The van der Waals surface area contributed by atoms with E-state index in [1.807, 2.05) is 0 Å². The Bertz CT molecular complexity index is 1250. The quantitative estimate of drug-likeness (QED) is 0.336. The second-order valence-corrected chi connectivity index (χ2v) is 7.86. The SMILES string of the molecule is Nc1ccc(NC(=O)c2cc(Cl)c(C(F)(F)F)cc2C2CCOc3c(F)cccc32)cc1F. The summed E-state index contributed by atoms with van der Waals surface area (Å²) in [5.41, 5.74) is 4.37. The van der Waals surface area contributed by atoms with E-state index in [1.165, 1.54) is 30.3 Å². The number of fused-ring (bicyclic) bond motifs is 1. The van der Waals surface area contributed by atoms with Gasteiger partial charge in [0.2, 0.25) is 0 Å². The van der Waals surface area contributed by atoms with Crippen LogP contribution in [-0.2, 0) is 6.18 Å². The van der Waals surface area contributed by atoms with Crippen LogP contribution in [0, 0.1) is 11.6 Å². The van der Waals surface area contributed by atoms with E-state index < -0.39 is 40.2 Å². The molecule has 3 aromatic rings. The number of nitrogen functional groups attached to an aromatic ring is 1. The van der Waals surface area contributed by atoms with Crippen molar-refractivity contribution in [3.8, 4) is 5.75 Å². The Balaban J connectivity index is 1.84. The average Bonchev–Trinajstić information content (AvgIpc) is 2.75. The maximum absolute atomic E-state index is 14.3. The van der Waals surface area contributed by atoms with Crippen LogP contribution in [0.1, 0.15) is 39.4 Å². The number of amides is 1. The summed E-state index contributed by atoms with van der Waals surface area (Å²) in [6.07, 6.45) is -4.58. The minimum Gasteiger partial charge on any atom is -0.490 e. The molecule has 10 heteroatoms. The molecule has 172 valence electrons. The molecule has 33 heavy (non-hydrogen) atoms. The highest BCUT2D eigenvalue weighted by molar-refractivity contribution is 6.32. The fourth-order valence-corrected chi connectivity index (χ4v) is 4.08. The zero-order valence-corrected chi connectivity index (χ0v) is 17.5. The van der Waals surface area contributed by atoms with Gasteiger partial charge in [-0.1, -0.05) is 23.7 Å².